The number of phenolic OH excluding ortho intramolecular Hbond substituents is 1. The summed E-state index contributed by atoms with van der Waals surface area (Å²) in [5.74, 6) is -0.220. The van der Waals surface area contributed by atoms with Crippen LogP contribution in [0.1, 0.15) is 16.8 Å². The van der Waals surface area contributed by atoms with E-state index in [9.17, 15) is 15.0 Å². The molecule has 1 aromatic rings. The van der Waals surface area contributed by atoms with Gasteiger partial charge in [0.05, 0.1) is 12.7 Å². The molecule has 5 nitrogen and oxygen atoms in total. The van der Waals surface area contributed by atoms with Crippen molar-refractivity contribution in [3.05, 3.63) is 29.8 Å². The Morgan fingerprint density at radius 2 is 2.29 bits per heavy atom. The predicted octanol–water partition coefficient (Wildman–Crippen LogP) is 0.519. The lowest BCUT2D eigenvalue weighted by Crippen LogP contribution is -2.28. The molecule has 0 bridgehead atoms. The molecule has 17 heavy (non-hydrogen) atoms. The van der Waals surface area contributed by atoms with Gasteiger partial charge in [0.1, 0.15) is 5.75 Å². The highest BCUT2D eigenvalue weighted by atomic mass is 16.5. The summed E-state index contributed by atoms with van der Waals surface area (Å²) in [6, 6.07) is 6.10. The molecule has 0 spiro atoms. The highest BCUT2D eigenvalue weighted by Gasteiger charge is 2.07. The largest absolute Gasteiger partial charge is 0.508 e. The van der Waals surface area contributed by atoms with Crippen LogP contribution in [0.3, 0.4) is 0 Å². The Morgan fingerprint density at radius 1 is 1.53 bits per heavy atom. The molecule has 0 fully saturated rings. The van der Waals surface area contributed by atoms with Gasteiger partial charge in [-0.25, -0.2) is 0 Å². The fourth-order valence-corrected chi connectivity index (χ4v) is 1.38. The van der Waals surface area contributed by atoms with E-state index in [0.717, 1.165) is 0 Å². The number of hydrogen-bond acceptors (Lipinski definition) is 4. The van der Waals surface area contributed by atoms with E-state index < -0.39 is 6.10 Å². The van der Waals surface area contributed by atoms with Crippen LogP contribution in [0.5, 0.6) is 5.75 Å². The molecule has 0 heterocycles. The molecular formula is C12H17NO4. The second kappa shape index (κ2) is 6.88. The van der Waals surface area contributed by atoms with Crippen molar-refractivity contribution in [3.63, 3.8) is 0 Å². The van der Waals surface area contributed by atoms with Gasteiger partial charge >= 0.3 is 0 Å². The van der Waals surface area contributed by atoms with Crippen molar-refractivity contribution in [3.8, 4) is 5.75 Å². The molecule has 0 aromatic heterocycles. The number of methoxy groups -OCH3 is 1. The van der Waals surface area contributed by atoms with Gasteiger partial charge < -0.3 is 20.3 Å². The number of aliphatic hydroxyl groups excluding tert-OH is 1. The molecule has 0 aliphatic heterocycles. The number of rotatable bonds is 6. The average molecular weight is 239 g/mol. The van der Waals surface area contributed by atoms with Crippen molar-refractivity contribution in [2.45, 2.75) is 12.5 Å². The summed E-state index contributed by atoms with van der Waals surface area (Å²) in [6.07, 6.45) is -0.150. The van der Waals surface area contributed by atoms with Crippen molar-refractivity contribution < 1.29 is 19.7 Å². The smallest absolute Gasteiger partial charge is 0.251 e. The lowest BCUT2D eigenvalue weighted by Gasteiger charge is -2.10. The molecule has 0 saturated carbocycles. The minimum atomic E-state index is -0.579. The van der Waals surface area contributed by atoms with E-state index in [1.54, 1.807) is 12.1 Å². The first kappa shape index (κ1) is 13.5. The standard InChI is InChI=1S/C12H17NO4/c1-17-8-11(15)5-6-13-12(16)9-3-2-4-10(14)7-9/h2-4,7,11,14-15H,5-6,8H2,1H3,(H,13,16). The maximum Gasteiger partial charge on any atom is 0.251 e. The van der Waals surface area contributed by atoms with E-state index in [0.29, 0.717) is 18.5 Å². The minimum Gasteiger partial charge on any atom is -0.508 e. The van der Waals surface area contributed by atoms with E-state index in [1.165, 1.54) is 19.2 Å². The molecule has 3 N–H and O–H groups in total. The fraction of sp³-hybridized carbons (Fsp3) is 0.417. The van der Waals surface area contributed by atoms with Crippen LogP contribution in [-0.4, -0.2) is 42.5 Å². The third-order valence-electron chi connectivity index (χ3n) is 2.23. The Hall–Kier alpha value is -1.59. The molecule has 1 amide bonds. The maximum atomic E-state index is 11.6. The van der Waals surface area contributed by atoms with Crippen LogP contribution in [0.25, 0.3) is 0 Å². The molecule has 1 unspecified atom stereocenters. The number of aromatic hydroxyl groups is 1. The average Bonchev–Trinajstić information content (AvgIpc) is 2.29. The number of nitrogens with one attached hydrogen (secondary N) is 1. The Kier molecular flexibility index (Phi) is 5.45. The van der Waals surface area contributed by atoms with Crippen molar-refractivity contribution in [2.24, 2.45) is 0 Å². The number of hydrogen-bond donors (Lipinski definition) is 3. The summed E-state index contributed by atoms with van der Waals surface area (Å²) in [5.41, 5.74) is 0.395. The van der Waals surface area contributed by atoms with Gasteiger partial charge in [-0.2, -0.15) is 0 Å². The quantitative estimate of drug-likeness (QED) is 0.676. The van der Waals surface area contributed by atoms with Gasteiger partial charge in [-0.15, -0.1) is 0 Å². The zero-order valence-corrected chi connectivity index (χ0v) is 9.72. The molecule has 0 radical (unpaired) electrons. The molecule has 1 aromatic carbocycles. The van der Waals surface area contributed by atoms with Gasteiger partial charge in [-0.05, 0) is 24.6 Å². The molecule has 5 heteroatoms. The SMILES string of the molecule is COCC(O)CCNC(=O)c1cccc(O)c1. The minimum absolute atomic E-state index is 0.0528. The number of amides is 1. The summed E-state index contributed by atoms with van der Waals surface area (Å²) in [5, 5.41) is 21.2. The first-order chi connectivity index (χ1) is 8.13. The lowest BCUT2D eigenvalue weighted by molar-refractivity contribution is 0.0587. The third kappa shape index (κ3) is 4.84. The summed E-state index contributed by atoms with van der Waals surface area (Å²) in [6.45, 7) is 0.612. The van der Waals surface area contributed by atoms with Crippen LogP contribution >= 0.6 is 0 Å². The zero-order valence-electron chi connectivity index (χ0n) is 9.72. The number of benzene rings is 1. The first-order valence-corrected chi connectivity index (χ1v) is 5.37. The summed E-state index contributed by atoms with van der Waals surface area (Å²) >= 11 is 0. The lowest BCUT2D eigenvalue weighted by atomic mass is 10.2. The van der Waals surface area contributed by atoms with Gasteiger partial charge in [0.2, 0.25) is 0 Å². The Labute approximate surface area is 100 Å². The highest BCUT2D eigenvalue weighted by molar-refractivity contribution is 5.94. The van der Waals surface area contributed by atoms with Gasteiger partial charge in [0.15, 0.2) is 0 Å². The Bertz CT molecular complexity index is 367. The Balaban J connectivity index is 2.35. The van der Waals surface area contributed by atoms with Gasteiger partial charge in [0.25, 0.3) is 5.91 Å². The van der Waals surface area contributed by atoms with E-state index >= 15 is 0 Å². The van der Waals surface area contributed by atoms with Gasteiger partial charge in [-0.3, -0.25) is 4.79 Å². The Morgan fingerprint density at radius 3 is 2.94 bits per heavy atom. The van der Waals surface area contributed by atoms with Crippen LogP contribution in [0.2, 0.25) is 0 Å². The van der Waals surface area contributed by atoms with Crippen molar-refractivity contribution >= 4 is 5.91 Å². The number of phenols is 1. The second-order valence-electron chi connectivity index (χ2n) is 3.70. The zero-order chi connectivity index (χ0) is 12.7. The number of aliphatic hydroxyl groups is 1. The van der Waals surface area contributed by atoms with Crippen molar-refractivity contribution in [2.75, 3.05) is 20.3 Å². The van der Waals surface area contributed by atoms with Crippen LogP contribution in [-0.2, 0) is 4.74 Å². The first-order valence-electron chi connectivity index (χ1n) is 5.37. The molecule has 94 valence electrons. The molecule has 1 rings (SSSR count). The molecule has 0 saturated heterocycles. The van der Waals surface area contributed by atoms with E-state index in [4.69, 9.17) is 4.74 Å². The maximum absolute atomic E-state index is 11.6. The summed E-state index contributed by atoms with van der Waals surface area (Å²) < 4.78 is 4.77. The summed E-state index contributed by atoms with van der Waals surface area (Å²) in [4.78, 5) is 11.6. The van der Waals surface area contributed by atoms with Crippen molar-refractivity contribution in [1.29, 1.82) is 0 Å². The number of carbonyl (C=O) groups is 1. The molecule has 0 aliphatic rings. The predicted molar refractivity (Wildman–Crippen MR) is 62.9 cm³/mol. The highest BCUT2D eigenvalue weighted by Crippen LogP contribution is 2.10. The van der Waals surface area contributed by atoms with Gasteiger partial charge in [-0.1, -0.05) is 6.07 Å². The van der Waals surface area contributed by atoms with Gasteiger partial charge in [0, 0.05) is 19.2 Å². The number of ether oxygens (including phenoxy) is 1. The fourth-order valence-electron chi connectivity index (χ4n) is 1.38. The summed E-state index contributed by atoms with van der Waals surface area (Å²) in [7, 11) is 1.51. The van der Waals surface area contributed by atoms with Crippen LogP contribution in [0.15, 0.2) is 24.3 Å². The van der Waals surface area contributed by atoms with E-state index in [1.807, 2.05) is 0 Å². The molecule has 1 atom stereocenters. The third-order valence-corrected chi connectivity index (χ3v) is 2.23. The normalized spacial score (nSPS) is 12.1. The van der Waals surface area contributed by atoms with Crippen LogP contribution < -0.4 is 5.32 Å². The monoisotopic (exact) mass is 239 g/mol. The van der Waals surface area contributed by atoms with Crippen LogP contribution in [0.4, 0.5) is 0 Å². The molecular weight excluding hydrogens is 222 g/mol. The van der Waals surface area contributed by atoms with Crippen molar-refractivity contribution in [1.82, 2.24) is 5.32 Å². The van der Waals surface area contributed by atoms with E-state index in [2.05, 4.69) is 5.32 Å². The van der Waals surface area contributed by atoms with E-state index in [-0.39, 0.29) is 18.3 Å². The topological polar surface area (TPSA) is 78.8 Å². The molecule has 0 aliphatic carbocycles. The van der Waals surface area contributed by atoms with Crippen LogP contribution in [0, 0.1) is 0 Å². The number of carbonyl (C=O) groups excluding carboxylic acids is 1. The second-order valence-corrected chi connectivity index (χ2v) is 3.70.